The number of benzene rings is 3. The normalized spacial score (nSPS) is 14.8. The van der Waals surface area contributed by atoms with Gasteiger partial charge in [-0.05, 0) is 29.5 Å². The molecule has 0 bridgehead atoms. The highest BCUT2D eigenvalue weighted by molar-refractivity contribution is 5.22. The molecule has 3 aromatic rings. The third-order valence-corrected chi connectivity index (χ3v) is 5.66. The molecule has 170 valence electrons. The quantitative estimate of drug-likeness (QED) is 0.456. The highest BCUT2D eigenvalue weighted by atomic mass is 19.4. The van der Waals surface area contributed by atoms with Crippen molar-refractivity contribution in [1.82, 2.24) is 4.90 Å². The first-order valence-electron chi connectivity index (χ1n) is 10.6. The summed E-state index contributed by atoms with van der Waals surface area (Å²) >= 11 is 0. The second-order valence-electron chi connectivity index (χ2n) is 7.85. The lowest BCUT2D eigenvalue weighted by Crippen LogP contribution is -2.52. The minimum atomic E-state index is -4.78. The summed E-state index contributed by atoms with van der Waals surface area (Å²) in [6.45, 7) is -0.211. The SMILES string of the molecule is OC[C@@H](c1ccccc1)N(Cc1ccccc1)[C@@H](CCc1ccccc1)[C@@H](O)C(F)(F)F. The Balaban J connectivity index is 1.99. The summed E-state index contributed by atoms with van der Waals surface area (Å²) in [7, 11) is 0. The fourth-order valence-electron chi connectivity index (χ4n) is 4.01. The molecule has 0 radical (unpaired) electrons. The summed E-state index contributed by atoms with van der Waals surface area (Å²) in [5, 5.41) is 20.7. The van der Waals surface area contributed by atoms with Crippen LogP contribution in [0.1, 0.15) is 29.2 Å². The van der Waals surface area contributed by atoms with Crippen molar-refractivity contribution in [2.24, 2.45) is 0 Å². The minimum absolute atomic E-state index is 0.0842. The van der Waals surface area contributed by atoms with Crippen LogP contribution < -0.4 is 0 Å². The van der Waals surface area contributed by atoms with E-state index in [1.54, 1.807) is 29.2 Å². The van der Waals surface area contributed by atoms with Crippen LogP contribution in [0, 0.1) is 0 Å². The molecule has 3 nitrogen and oxygen atoms in total. The van der Waals surface area contributed by atoms with Crippen LogP contribution in [0.3, 0.4) is 0 Å². The summed E-state index contributed by atoms with van der Waals surface area (Å²) < 4.78 is 41.3. The van der Waals surface area contributed by atoms with Crippen molar-refractivity contribution in [3.8, 4) is 0 Å². The predicted molar refractivity (Wildman–Crippen MR) is 119 cm³/mol. The van der Waals surface area contributed by atoms with Gasteiger partial charge in [0.05, 0.1) is 12.6 Å². The number of aliphatic hydroxyl groups excluding tert-OH is 2. The van der Waals surface area contributed by atoms with E-state index in [0.29, 0.717) is 12.0 Å². The van der Waals surface area contributed by atoms with E-state index < -0.39 is 24.4 Å². The molecule has 0 spiro atoms. The van der Waals surface area contributed by atoms with Gasteiger partial charge in [-0.15, -0.1) is 0 Å². The van der Waals surface area contributed by atoms with Crippen molar-refractivity contribution in [3.05, 3.63) is 108 Å². The van der Waals surface area contributed by atoms with Crippen LogP contribution in [0.4, 0.5) is 13.2 Å². The van der Waals surface area contributed by atoms with Crippen LogP contribution in [0.25, 0.3) is 0 Å². The fraction of sp³-hybridized carbons (Fsp3) is 0.308. The van der Waals surface area contributed by atoms with Crippen LogP contribution in [-0.2, 0) is 13.0 Å². The Morgan fingerprint density at radius 2 is 1.25 bits per heavy atom. The average Bonchev–Trinajstić information content (AvgIpc) is 2.81. The lowest BCUT2D eigenvalue weighted by molar-refractivity contribution is -0.226. The molecule has 0 unspecified atom stereocenters. The molecule has 0 aliphatic rings. The number of alkyl halides is 3. The van der Waals surface area contributed by atoms with Gasteiger partial charge in [0.1, 0.15) is 0 Å². The van der Waals surface area contributed by atoms with Crippen molar-refractivity contribution in [2.45, 2.75) is 43.8 Å². The molecule has 3 aromatic carbocycles. The van der Waals surface area contributed by atoms with Gasteiger partial charge in [-0.25, -0.2) is 0 Å². The summed E-state index contributed by atoms with van der Waals surface area (Å²) in [6, 6.07) is 25.4. The number of halogens is 3. The van der Waals surface area contributed by atoms with Gasteiger partial charge in [0, 0.05) is 12.6 Å². The van der Waals surface area contributed by atoms with E-state index >= 15 is 0 Å². The van der Waals surface area contributed by atoms with Crippen LogP contribution in [0.2, 0.25) is 0 Å². The average molecular weight is 444 g/mol. The standard InChI is InChI=1S/C26H28F3NO2/c27-26(28,29)25(32)23(17-16-20-10-4-1-5-11-20)30(18-21-12-6-2-7-13-21)24(19-31)22-14-8-3-9-15-22/h1-15,23-25,31-32H,16-19H2/t23-,24-,25+/m0/s1. The van der Waals surface area contributed by atoms with Crippen molar-refractivity contribution >= 4 is 0 Å². The molecule has 3 atom stereocenters. The molecule has 0 heterocycles. The van der Waals surface area contributed by atoms with Gasteiger partial charge in [0.25, 0.3) is 0 Å². The molecule has 6 heteroatoms. The van der Waals surface area contributed by atoms with Gasteiger partial charge in [-0.1, -0.05) is 91.0 Å². The first-order valence-corrected chi connectivity index (χ1v) is 10.6. The molecule has 32 heavy (non-hydrogen) atoms. The van der Waals surface area contributed by atoms with Gasteiger partial charge in [-0.3, -0.25) is 4.90 Å². The molecule has 2 N–H and O–H groups in total. The number of rotatable bonds is 10. The van der Waals surface area contributed by atoms with Crippen molar-refractivity contribution < 1.29 is 23.4 Å². The first kappa shape index (κ1) is 24.0. The highest BCUT2D eigenvalue weighted by Gasteiger charge is 2.46. The minimum Gasteiger partial charge on any atom is -0.394 e. The van der Waals surface area contributed by atoms with E-state index in [9.17, 15) is 23.4 Å². The van der Waals surface area contributed by atoms with Gasteiger partial charge >= 0.3 is 6.18 Å². The number of hydrogen-bond acceptors (Lipinski definition) is 3. The monoisotopic (exact) mass is 443 g/mol. The summed E-state index contributed by atoms with van der Waals surface area (Å²) in [4.78, 5) is 1.59. The van der Waals surface area contributed by atoms with Crippen LogP contribution in [0.5, 0.6) is 0 Å². The van der Waals surface area contributed by atoms with Crippen LogP contribution in [-0.4, -0.2) is 40.0 Å². The number of nitrogens with zero attached hydrogens (tertiary/aromatic N) is 1. The zero-order valence-electron chi connectivity index (χ0n) is 17.7. The van der Waals surface area contributed by atoms with Gasteiger partial charge < -0.3 is 10.2 Å². The van der Waals surface area contributed by atoms with Crippen LogP contribution >= 0.6 is 0 Å². The summed E-state index contributed by atoms with van der Waals surface area (Å²) in [5.41, 5.74) is 2.40. The molecule has 0 aliphatic carbocycles. The largest absolute Gasteiger partial charge is 0.415 e. The number of aliphatic hydroxyl groups is 2. The van der Waals surface area contributed by atoms with E-state index in [1.807, 2.05) is 66.7 Å². The highest BCUT2D eigenvalue weighted by Crippen LogP contribution is 2.33. The predicted octanol–water partition coefficient (Wildman–Crippen LogP) is 5.15. The maximum absolute atomic E-state index is 13.8. The Hall–Kier alpha value is -2.67. The van der Waals surface area contributed by atoms with Crippen molar-refractivity contribution in [1.29, 1.82) is 0 Å². The van der Waals surface area contributed by atoms with E-state index in [0.717, 1.165) is 11.1 Å². The molecule has 0 aromatic heterocycles. The molecule has 0 saturated carbocycles. The summed E-state index contributed by atoms with van der Waals surface area (Å²) in [6.07, 6.45) is -6.88. The van der Waals surface area contributed by atoms with E-state index in [4.69, 9.17) is 0 Å². The van der Waals surface area contributed by atoms with Crippen molar-refractivity contribution in [3.63, 3.8) is 0 Å². The molecular weight excluding hydrogens is 415 g/mol. The Labute approximate surface area is 186 Å². The van der Waals surface area contributed by atoms with Gasteiger partial charge in [-0.2, -0.15) is 13.2 Å². The molecule has 0 saturated heterocycles. The lowest BCUT2D eigenvalue weighted by atomic mass is 9.94. The third-order valence-electron chi connectivity index (χ3n) is 5.66. The maximum Gasteiger partial charge on any atom is 0.415 e. The zero-order chi connectivity index (χ0) is 23.0. The molecule has 0 aliphatic heterocycles. The first-order chi connectivity index (χ1) is 15.4. The molecule has 0 amide bonds. The number of aryl methyl sites for hydroxylation is 1. The Morgan fingerprint density at radius 3 is 1.75 bits per heavy atom. The van der Waals surface area contributed by atoms with E-state index in [2.05, 4.69) is 0 Å². The molecule has 3 rings (SSSR count). The summed E-state index contributed by atoms with van der Waals surface area (Å²) in [5.74, 6) is 0. The maximum atomic E-state index is 13.8. The second kappa shape index (κ2) is 11.3. The van der Waals surface area contributed by atoms with Crippen LogP contribution in [0.15, 0.2) is 91.0 Å². The zero-order valence-corrected chi connectivity index (χ0v) is 17.7. The van der Waals surface area contributed by atoms with E-state index in [-0.39, 0.29) is 19.6 Å². The second-order valence-corrected chi connectivity index (χ2v) is 7.85. The third kappa shape index (κ3) is 6.42. The van der Waals surface area contributed by atoms with Crippen molar-refractivity contribution in [2.75, 3.05) is 6.61 Å². The fourth-order valence-corrected chi connectivity index (χ4v) is 4.01. The van der Waals surface area contributed by atoms with Gasteiger partial charge in [0.15, 0.2) is 6.10 Å². The smallest absolute Gasteiger partial charge is 0.394 e. The Kier molecular flexibility index (Phi) is 8.45. The van der Waals surface area contributed by atoms with E-state index in [1.165, 1.54) is 0 Å². The molecule has 0 fully saturated rings. The molecular formula is C26H28F3NO2. The van der Waals surface area contributed by atoms with Gasteiger partial charge in [0.2, 0.25) is 0 Å². The number of hydrogen-bond donors (Lipinski definition) is 2. The lowest BCUT2D eigenvalue weighted by Gasteiger charge is -2.40. The Morgan fingerprint density at radius 1 is 0.750 bits per heavy atom. The topological polar surface area (TPSA) is 43.7 Å². The Bertz CT molecular complexity index is 920.